The van der Waals surface area contributed by atoms with Crippen molar-refractivity contribution in [1.82, 2.24) is 10.3 Å². The van der Waals surface area contributed by atoms with Crippen molar-refractivity contribution in [2.75, 3.05) is 32.7 Å². The first-order valence-electron chi connectivity index (χ1n) is 6.67. The number of hydrogen-bond donors (Lipinski definition) is 1. The minimum Gasteiger partial charge on any atom is -0.480 e. The number of anilines is 1. The van der Waals surface area contributed by atoms with Crippen LogP contribution in [0, 0.1) is 0 Å². The zero-order valence-electron chi connectivity index (χ0n) is 12.1. The molecule has 1 aromatic heterocycles. The van der Waals surface area contributed by atoms with Crippen LogP contribution in [0.4, 0.5) is 5.13 Å². The first-order valence-corrected chi connectivity index (χ1v) is 7.49. The second-order valence-electron chi connectivity index (χ2n) is 5.04. The maximum Gasteiger partial charge on any atom is 0.230 e. The summed E-state index contributed by atoms with van der Waals surface area (Å²) in [6.07, 6.45) is 2.66. The van der Waals surface area contributed by atoms with Gasteiger partial charge in [-0.05, 0) is 19.8 Å². The second-order valence-corrected chi connectivity index (χ2v) is 6.11. The van der Waals surface area contributed by atoms with E-state index in [9.17, 15) is 0 Å². The first-order chi connectivity index (χ1) is 9.11. The molecule has 0 saturated carbocycles. The SMILES string of the molecule is COc1nc(N(C)C)sc1CNC(C)C1CCCO1. The van der Waals surface area contributed by atoms with Gasteiger partial charge in [-0.3, -0.25) is 0 Å². The summed E-state index contributed by atoms with van der Waals surface area (Å²) in [6.45, 7) is 3.84. The molecule has 2 rings (SSSR count). The molecule has 1 saturated heterocycles. The number of thiazole rings is 1. The van der Waals surface area contributed by atoms with Crippen molar-refractivity contribution in [1.29, 1.82) is 0 Å². The van der Waals surface area contributed by atoms with Crippen LogP contribution in [0.1, 0.15) is 24.6 Å². The molecule has 108 valence electrons. The van der Waals surface area contributed by atoms with Crippen molar-refractivity contribution in [3.05, 3.63) is 4.88 Å². The monoisotopic (exact) mass is 285 g/mol. The molecule has 1 fully saturated rings. The highest BCUT2D eigenvalue weighted by atomic mass is 32.1. The highest BCUT2D eigenvalue weighted by Gasteiger charge is 2.22. The third-order valence-corrected chi connectivity index (χ3v) is 4.54. The van der Waals surface area contributed by atoms with E-state index >= 15 is 0 Å². The predicted octanol–water partition coefficient (Wildman–Crippen LogP) is 1.87. The average molecular weight is 285 g/mol. The molecule has 0 radical (unpaired) electrons. The number of hydrogen-bond acceptors (Lipinski definition) is 6. The van der Waals surface area contributed by atoms with E-state index in [1.165, 1.54) is 6.42 Å². The fraction of sp³-hybridized carbons (Fsp3) is 0.769. The molecule has 19 heavy (non-hydrogen) atoms. The van der Waals surface area contributed by atoms with Gasteiger partial charge in [-0.25, -0.2) is 0 Å². The molecule has 6 heteroatoms. The van der Waals surface area contributed by atoms with Crippen molar-refractivity contribution < 1.29 is 9.47 Å². The lowest BCUT2D eigenvalue weighted by molar-refractivity contribution is 0.0832. The summed E-state index contributed by atoms with van der Waals surface area (Å²) in [7, 11) is 5.65. The summed E-state index contributed by atoms with van der Waals surface area (Å²) in [5.41, 5.74) is 0. The molecular weight excluding hydrogens is 262 g/mol. The molecule has 5 nitrogen and oxygen atoms in total. The summed E-state index contributed by atoms with van der Waals surface area (Å²) < 4.78 is 11.0. The number of nitrogens with zero attached hydrogens (tertiary/aromatic N) is 2. The van der Waals surface area contributed by atoms with E-state index < -0.39 is 0 Å². The summed E-state index contributed by atoms with van der Waals surface area (Å²) in [5, 5.41) is 4.49. The van der Waals surface area contributed by atoms with E-state index in [1.54, 1.807) is 18.4 Å². The molecule has 1 N–H and O–H groups in total. The van der Waals surface area contributed by atoms with Crippen molar-refractivity contribution in [2.24, 2.45) is 0 Å². The largest absolute Gasteiger partial charge is 0.480 e. The van der Waals surface area contributed by atoms with Crippen molar-refractivity contribution in [3.8, 4) is 5.88 Å². The Morgan fingerprint density at radius 1 is 1.58 bits per heavy atom. The van der Waals surface area contributed by atoms with E-state index in [2.05, 4.69) is 17.2 Å². The van der Waals surface area contributed by atoms with Crippen LogP contribution in [0.5, 0.6) is 5.88 Å². The van der Waals surface area contributed by atoms with Gasteiger partial charge >= 0.3 is 0 Å². The molecule has 0 bridgehead atoms. The number of nitrogens with one attached hydrogen (secondary N) is 1. The summed E-state index contributed by atoms with van der Waals surface area (Å²) >= 11 is 1.66. The van der Waals surface area contributed by atoms with Crippen LogP contribution in [-0.4, -0.2) is 44.9 Å². The van der Waals surface area contributed by atoms with Gasteiger partial charge in [0.15, 0.2) is 5.13 Å². The molecule has 2 unspecified atom stereocenters. The van der Waals surface area contributed by atoms with Crippen molar-refractivity contribution in [3.63, 3.8) is 0 Å². The Labute approximate surface area is 118 Å². The van der Waals surface area contributed by atoms with Gasteiger partial charge < -0.3 is 19.7 Å². The van der Waals surface area contributed by atoms with Gasteiger partial charge in [0, 0.05) is 33.3 Å². The third kappa shape index (κ3) is 3.58. The number of methoxy groups -OCH3 is 1. The van der Waals surface area contributed by atoms with E-state index in [4.69, 9.17) is 9.47 Å². The Hall–Kier alpha value is -0.850. The molecule has 0 aliphatic carbocycles. The summed E-state index contributed by atoms with van der Waals surface area (Å²) in [6, 6.07) is 0.358. The molecule has 0 amide bonds. The van der Waals surface area contributed by atoms with E-state index in [-0.39, 0.29) is 0 Å². The Balaban J connectivity index is 1.94. The van der Waals surface area contributed by atoms with Gasteiger partial charge in [-0.15, -0.1) is 0 Å². The van der Waals surface area contributed by atoms with Gasteiger partial charge in [0.05, 0.1) is 18.1 Å². The molecule has 2 heterocycles. The lowest BCUT2D eigenvalue weighted by Gasteiger charge is -2.19. The highest BCUT2D eigenvalue weighted by molar-refractivity contribution is 7.15. The van der Waals surface area contributed by atoms with Crippen LogP contribution < -0.4 is 15.0 Å². The Morgan fingerprint density at radius 3 is 2.95 bits per heavy atom. The van der Waals surface area contributed by atoms with Gasteiger partial charge in [0.1, 0.15) is 0 Å². The van der Waals surface area contributed by atoms with Crippen LogP contribution in [0.3, 0.4) is 0 Å². The van der Waals surface area contributed by atoms with Crippen LogP contribution in [0.2, 0.25) is 0 Å². The average Bonchev–Trinajstić information content (AvgIpc) is 3.04. The maximum absolute atomic E-state index is 5.69. The van der Waals surface area contributed by atoms with Crippen LogP contribution >= 0.6 is 11.3 Å². The third-order valence-electron chi connectivity index (χ3n) is 3.33. The van der Waals surface area contributed by atoms with Gasteiger partial charge in [0.2, 0.25) is 5.88 Å². The molecular formula is C13H23N3O2S. The van der Waals surface area contributed by atoms with Gasteiger partial charge in [-0.2, -0.15) is 4.98 Å². The zero-order chi connectivity index (χ0) is 13.8. The van der Waals surface area contributed by atoms with Gasteiger partial charge in [-0.1, -0.05) is 11.3 Å². The topological polar surface area (TPSA) is 46.6 Å². The fourth-order valence-corrected chi connectivity index (χ4v) is 3.07. The molecule has 0 spiro atoms. The molecule has 2 atom stereocenters. The quantitative estimate of drug-likeness (QED) is 0.864. The Kier molecular flexibility index (Phi) is 5.01. The van der Waals surface area contributed by atoms with Crippen LogP contribution in [0.15, 0.2) is 0 Å². The van der Waals surface area contributed by atoms with E-state index in [1.807, 2.05) is 19.0 Å². The van der Waals surface area contributed by atoms with Crippen molar-refractivity contribution >= 4 is 16.5 Å². The second kappa shape index (κ2) is 6.54. The Morgan fingerprint density at radius 2 is 2.37 bits per heavy atom. The molecule has 1 aliphatic heterocycles. The molecule has 1 aromatic rings. The maximum atomic E-state index is 5.69. The lowest BCUT2D eigenvalue weighted by Crippen LogP contribution is -2.36. The first kappa shape index (κ1) is 14.6. The number of rotatable bonds is 6. The lowest BCUT2D eigenvalue weighted by atomic mass is 10.1. The normalized spacial score (nSPS) is 20.5. The smallest absolute Gasteiger partial charge is 0.230 e. The fourth-order valence-electron chi connectivity index (χ4n) is 2.17. The van der Waals surface area contributed by atoms with Gasteiger partial charge in [0.25, 0.3) is 0 Å². The van der Waals surface area contributed by atoms with Crippen molar-refractivity contribution in [2.45, 2.75) is 38.5 Å². The van der Waals surface area contributed by atoms with E-state index in [0.717, 1.165) is 35.5 Å². The number of ether oxygens (including phenoxy) is 2. The number of aromatic nitrogens is 1. The predicted molar refractivity (Wildman–Crippen MR) is 78.3 cm³/mol. The van der Waals surface area contributed by atoms with Crippen LogP contribution in [0.25, 0.3) is 0 Å². The highest BCUT2D eigenvalue weighted by Crippen LogP contribution is 2.30. The molecule has 0 aromatic carbocycles. The standard InChI is InChI=1S/C13H23N3O2S/c1-9(10-6-5-7-18-10)14-8-11-12(17-4)15-13(19-11)16(2)3/h9-10,14H,5-8H2,1-4H3. The molecule has 1 aliphatic rings. The minimum atomic E-state index is 0.340. The summed E-state index contributed by atoms with van der Waals surface area (Å²) in [4.78, 5) is 7.59. The minimum absolute atomic E-state index is 0.340. The Bertz CT molecular complexity index is 403. The summed E-state index contributed by atoms with van der Waals surface area (Å²) in [5.74, 6) is 0.723. The van der Waals surface area contributed by atoms with E-state index in [0.29, 0.717) is 12.1 Å². The van der Waals surface area contributed by atoms with Crippen LogP contribution in [-0.2, 0) is 11.3 Å². The zero-order valence-corrected chi connectivity index (χ0v) is 12.9.